The Bertz CT molecular complexity index is 390. The Morgan fingerprint density at radius 3 is 2.33 bits per heavy atom. The Morgan fingerprint density at radius 1 is 1.47 bits per heavy atom. The summed E-state index contributed by atoms with van der Waals surface area (Å²) in [6.45, 7) is -0.213. The van der Waals surface area contributed by atoms with Gasteiger partial charge in [0.25, 0.3) is 11.8 Å². The van der Waals surface area contributed by atoms with Gasteiger partial charge in [0, 0.05) is 0 Å². The number of carbonyl (C=O) groups excluding carboxylic acids is 3. The van der Waals surface area contributed by atoms with Gasteiger partial charge in [-0.05, 0) is 0 Å². The molecule has 1 atom stereocenters. The normalized spacial score (nSPS) is 21.1. The monoisotopic (exact) mass is 245 g/mol. The van der Waals surface area contributed by atoms with Crippen LogP contribution >= 0.6 is 0 Å². The number of hydroxylamine groups is 2. The molecule has 0 bridgehead atoms. The van der Waals surface area contributed by atoms with Crippen LogP contribution in [0.3, 0.4) is 0 Å². The summed E-state index contributed by atoms with van der Waals surface area (Å²) < 4.78 is 31.3. The first kappa shape index (κ1) is 14.5. The second kappa shape index (κ2) is 5.03. The van der Waals surface area contributed by atoms with Crippen molar-refractivity contribution in [3.63, 3.8) is 0 Å². The van der Waals surface area contributed by atoms with Gasteiger partial charge < -0.3 is 9.39 Å². The van der Waals surface area contributed by atoms with Gasteiger partial charge in [0.05, 0.1) is 6.42 Å². The Labute approximate surface area is 107 Å². The van der Waals surface area contributed by atoms with E-state index in [0.29, 0.717) is 0 Å². The summed E-state index contributed by atoms with van der Waals surface area (Å²) in [6.07, 6.45) is -0.793. The molecule has 0 spiro atoms. The maximum Gasteiger partial charge on any atom is 1.00 e. The van der Waals surface area contributed by atoms with Crippen LogP contribution in [0, 0.1) is 0 Å². The average Bonchev–Trinajstić information content (AvgIpc) is 2.31. The fourth-order valence-corrected chi connectivity index (χ4v) is 1.65. The van der Waals surface area contributed by atoms with Crippen molar-refractivity contribution in [3.8, 4) is 0 Å². The molecule has 1 fully saturated rings. The first-order valence-electron chi connectivity index (χ1n) is 3.30. The molecule has 1 heterocycles. The number of hydrogen-bond donors (Lipinski definition) is 0. The molecule has 2 amide bonds. The number of amides is 2. The zero-order chi connectivity index (χ0) is 10.9. The van der Waals surface area contributed by atoms with E-state index in [0.717, 1.165) is 0 Å². The zero-order valence-corrected chi connectivity index (χ0v) is 10.4. The van der Waals surface area contributed by atoms with E-state index in [2.05, 4.69) is 4.84 Å². The second-order valence-electron chi connectivity index (χ2n) is 2.41. The second-order valence-corrected chi connectivity index (χ2v) is 3.97. The summed E-state index contributed by atoms with van der Waals surface area (Å²) in [5.41, 5.74) is 0. The quantitative estimate of drug-likeness (QED) is 0.211. The third kappa shape index (κ3) is 2.98. The summed E-state index contributed by atoms with van der Waals surface area (Å²) in [4.78, 5) is 35.6. The Balaban J connectivity index is 0.00000196. The van der Waals surface area contributed by atoms with E-state index in [9.17, 15) is 27.4 Å². The first-order chi connectivity index (χ1) is 6.38. The summed E-state index contributed by atoms with van der Waals surface area (Å²) in [7, 11) is -4.89. The molecule has 0 radical (unpaired) electrons. The predicted molar refractivity (Wildman–Crippen MR) is 37.1 cm³/mol. The Morgan fingerprint density at radius 2 is 2.00 bits per heavy atom. The molecular weight excluding hydrogens is 241 g/mol. The number of nitrogens with zero attached hydrogens (tertiary/aromatic N) is 1. The third-order valence-electron chi connectivity index (χ3n) is 1.56. The van der Waals surface area contributed by atoms with Crippen molar-refractivity contribution >= 4 is 28.4 Å². The molecule has 1 unspecified atom stereocenters. The maximum atomic E-state index is 11.0. The average molecular weight is 245 g/mol. The van der Waals surface area contributed by atoms with Crippen LogP contribution in [0.25, 0.3) is 0 Å². The molecule has 0 N–H and O–H groups in total. The van der Waals surface area contributed by atoms with Crippen molar-refractivity contribution in [1.82, 2.24) is 5.06 Å². The molecule has 0 aliphatic carbocycles. The molecule has 8 nitrogen and oxygen atoms in total. The predicted octanol–water partition coefficient (Wildman–Crippen LogP) is -5.25. The van der Waals surface area contributed by atoms with Crippen LogP contribution in [0.4, 0.5) is 0 Å². The summed E-state index contributed by atoms with van der Waals surface area (Å²) >= 11 is 0. The molecule has 0 aromatic rings. The van der Waals surface area contributed by atoms with Crippen LogP contribution in [0.1, 0.15) is 6.42 Å². The van der Waals surface area contributed by atoms with Crippen LogP contribution < -0.4 is 29.6 Å². The van der Waals surface area contributed by atoms with Crippen molar-refractivity contribution in [1.29, 1.82) is 0 Å². The molecular formula is C5H4NNaO7S. The van der Waals surface area contributed by atoms with Gasteiger partial charge in [-0.3, -0.25) is 14.4 Å². The van der Waals surface area contributed by atoms with Crippen molar-refractivity contribution < 1.29 is 61.7 Å². The van der Waals surface area contributed by atoms with Crippen LogP contribution in [0.15, 0.2) is 0 Å². The molecule has 1 aliphatic rings. The third-order valence-corrected chi connectivity index (χ3v) is 2.62. The van der Waals surface area contributed by atoms with E-state index in [1.165, 1.54) is 0 Å². The number of rotatable bonds is 3. The van der Waals surface area contributed by atoms with Gasteiger partial charge in [0.2, 0.25) is 0 Å². The Kier molecular flexibility index (Phi) is 4.87. The molecule has 78 valence electrons. The minimum atomic E-state index is -4.89. The van der Waals surface area contributed by atoms with Crippen molar-refractivity contribution in [3.05, 3.63) is 0 Å². The van der Waals surface area contributed by atoms with Crippen molar-refractivity contribution in [2.24, 2.45) is 0 Å². The smallest absolute Gasteiger partial charge is 0.747 e. The van der Waals surface area contributed by atoms with Crippen LogP contribution in [-0.4, -0.2) is 41.6 Å². The minimum absolute atomic E-state index is 0. The largest absolute Gasteiger partial charge is 1.00 e. The Hall–Kier alpha value is -0.480. The van der Waals surface area contributed by atoms with Crippen molar-refractivity contribution in [2.75, 3.05) is 0 Å². The molecule has 1 rings (SSSR count). The van der Waals surface area contributed by atoms with Gasteiger partial charge >= 0.3 is 36.0 Å². The fourth-order valence-electron chi connectivity index (χ4n) is 0.962. The first-order valence-corrected chi connectivity index (χ1v) is 4.77. The van der Waals surface area contributed by atoms with Gasteiger partial charge in [0.15, 0.2) is 0 Å². The van der Waals surface area contributed by atoms with Gasteiger partial charge in [-0.25, -0.2) is 8.42 Å². The van der Waals surface area contributed by atoms with Gasteiger partial charge in [0.1, 0.15) is 15.4 Å². The summed E-state index contributed by atoms with van der Waals surface area (Å²) in [6, 6.07) is 0. The SMILES string of the molecule is O=CON1C(=O)CC(S(=O)(=O)[O-])C1=O.[Na+]. The van der Waals surface area contributed by atoms with E-state index in [1.807, 2.05) is 0 Å². The zero-order valence-electron chi connectivity index (χ0n) is 7.58. The minimum Gasteiger partial charge on any atom is -0.747 e. The molecule has 15 heavy (non-hydrogen) atoms. The van der Waals surface area contributed by atoms with E-state index in [1.54, 1.807) is 0 Å². The molecule has 0 aromatic carbocycles. The standard InChI is InChI=1S/C5H5NO7S.Na/c7-2-13-6-4(8)1-3(5(6)9)14(10,11)12;/h2-3H,1H2,(H,10,11,12);/q;+1/p-1. The van der Waals surface area contributed by atoms with E-state index in [-0.39, 0.29) is 41.1 Å². The van der Waals surface area contributed by atoms with Gasteiger partial charge in [-0.15, -0.1) is 5.06 Å². The molecule has 1 aliphatic heterocycles. The van der Waals surface area contributed by atoms with Crippen LogP contribution in [0.2, 0.25) is 0 Å². The molecule has 0 aromatic heterocycles. The van der Waals surface area contributed by atoms with E-state index >= 15 is 0 Å². The summed E-state index contributed by atoms with van der Waals surface area (Å²) in [5, 5.41) is -2.03. The van der Waals surface area contributed by atoms with E-state index < -0.39 is 33.6 Å². The number of hydrogen-bond acceptors (Lipinski definition) is 7. The van der Waals surface area contributed by atoms with Gasteiger partial charge in [-0.2, -0.15) is 0 Å². The maximum absolute atomic E-state index is 11.0. The van der Waals surface area contributed by atoms with Crippen molar-refractivity contribution in [2.45, 2.75) is 11.7 Å². The fraction of sp³-hybridized carbons (Fsp3) is 0.400. The molecule has 10 heteroatoms. The number of carbonyl (C=O) groups is 3. The van der Waals surface area contributed by atoms with Gasteiger partial charge in [-0.1, -0.05) is 0 Å². The molecule has 1 saturated heterocycles. The van der Waals surface area contributed by atoms with E-state index in [4.69, 9.17) is 0 Å². The topological polar surface area (TPSA) is 121 Å². The summed E-state index contributed by atoms with van der Waals surface area (Å²) in [5.74, 6) is -2.37. The molecule has 0 saturated carbocycles. The van der Waals surface area contributed by atoms with Crippen LogP contribution in [-0.2, 0) is 29.3 Å². The van der Waals surface area contributed by atoms with Crippen LogP contribution in [0.5, 0.6) is 0 Å². The number of imide groups is 1.